The van der Waals surface area contributed by atoms with Gasteiger partial charge < -0.3 is 9.88 Å². The molecule has 0 aliphatic carbocycles. The first-order valence-electron chi connectivity index (χ1n) is 4.69. The molecule has 0 unspecified atom stereocenters. The lowest BCUT2D eigenvalue weighted by molar-refractivity contribution is 0.127. The Morgan fingerprint density at radius 2 is 2.29 bits per heavy atom. The third-order valence-corrected chi connectivity index (χ3v) is 1.76. The maximum Gasteiger partial charge on any atom is 0.256 e. The van der Waals surface area contributed by atoms with Crippen molar-refractivity contribution in [1.82, 2.24) is 9.55 Å². The van der Waals surface area contributed by atoms with E-state index in [0.29, 0.717) is 5.95 Å². The molecule has 0 aromatic carbocycles. The van der Waals surface area contributed by atoms with Crippen molar-refractivity contribution in [2.24, 2.45) is 0 Å². The first-order chi connectivity index (χ1) is 6.63. The van der Waals surface area contributed by atoms with E-state index in [2.05, 4.69) is 10.3 Å². The number of alkyl halides is 2. The van der Waals surface area contributed by atoms with Crippen molar-refractivity contribution in [3.8, 4) is 0 Å². The molecule has 0 bridgehead atoms. The van der Waals surface area contributed by atoms with E-state index in [1.807, 2.05) is 6.92 Å². The van der Waals surface area contributed by atoms with Gasteiger partial charge in [-0.1, -0.05) is 6.92 Å². The second-order valence-corrected chi connectivity index (χ2v) is 3.18. The van der Waals surface area contributed by atoms with Crippen LogP contribution in [-0.4, -0.2) is 22.5 Å². The van der Waals surface area contributed by atoms with Crippen LogP contribution in [0.4, 0.5) is 14.7 Å². The number of imidazole rings is 1. The minimum absolute atomic E-state index is 0.299. The highest BCUT2D eigenvalue weighted by Crippen LogP contribution is 2.10. The number of aryl methyl sites for hydroxylation is 1. The quantitative estimate of drug-likeness (QED) is 0.795. The normalized spacial score (nSPS) is 10.9. The summed E-state index contributed by atoms with van der Waals surface area (Å²) >= 11 is 0. The molecule has 0 aliphatic heterocycles. The van der Waals surface area contributed by atoms with Gasteiger partial charge in [-0.25, -0.2) is 13.8 Å². The first kappa shape index (κ1) is 10.9. The van der Waals surface area contributed by atoms with Crippen LogP contribution in [0.1, 0.15) is 19.0 Å². The first-order valence-corrected chi connectivity index (χ1v) is 4.69. The molecule has 5 heteroatoms. The van der Waals surface area contributed by atoms with E-state index in [-0.39, 0.29) is 6.54 Å². The summed E-state index contributed by atoms with van der Waals surface area (Å²) in [5.74, 6) is 0.532. The highest BCUT2D eigenvalue weighted by Gasteiger charge is 2.09. The fourth-order valence-corrected chi connectivity index (χ4v) is 1.21. The zero-order chi connectivity index (χ0) is 10.6. The van der Waals surface area contributed by atoms with E-state index < -0.39 is 6.43 Å². The second-order valence-electron chi connectivity index (χ2n) is 3.18. The zero-order valence-corrected chi connectivity index (χ0v) is 8.43. The van der Waals surface area contributed by atoms with Crippen LogP contribution < -0.4 is 5.32 Å². The van der Waals surface area contributed by atoms with Gasteiger partial charge in [0, 0.05) is 12.7 Å². The van der Waals surface area contributed by atoms with E-state index >= 15 is 0 Å². The smallest absolute Gasteiger partial charge is 0.256 e. The molecule has 0 radical (unpaired) electrons. The molecule has 0 saturated carbocycles. The molecular weight excluding hydrogens is 188 g/mol. The summed E-state index contributed by atoms with van der Waals surface area (Å²) in [6, 6.07) is 0. The molecule has 0 amide bonds. The predicted octanol–water partition coefficient (Wildman–Crippen LogP) is 2.28. The zero-order valence-electron chi connectivity index (χ0n) is 8.43. The molecular formula is C9H15F2N3. The van der Waals surface area contributed by atoms with Crippen molar-refractivity contribution in [3.05, 3.63) is 11.9 Å². The van der Waals surface area contributed by atoms with Crippen LogP contribution in [0.25, 0.3) is 0 Å². The van der Waals surface area contributed by atoms with Gasteiger partial charge in [-0.3, -0.25) is 0 Å². The fraction of sp³-hybridized carbons (Fsp3) is 0.667. The average molecular weight is 203 g/mol. The van der Waals surface area contributed by atoms with Gasteiger partial charge in [0.15, 0.2) is 0 Å². The van der Waals surface area contributed by atoms with Crippen molar-refractivity contribution in [2.75, 3.05) is 11.9 Å². The number of aromatic nitrogens is 2. The monoisotopic (exact) mass is 203 g/mol. The number of nitrogens with one attached hydrogen (secondary N) is 1. The lowest BCUT2D eigenvalue weighted by atomic mass is 10.5. The molecule has 1 heterocycles. The van der Waals surface area contributed by atoms with E-state index in [1.165, 1.54) is 4.57 Å². The molecule has 1 aromatic heterocycles. The maximum atomic E-state index is 12.2. The lowest BCUT2D eigenvalue weighted by Crippen LogP contribution is -2.11. The van der Waals surface area contributed by atoms with Crippen molar-refractivity contribution in [2.45, 2.75) is 33.2 Å². The number of nitrogens with zero attached hydrogens (tertiary/aromatic N) is 2. The van der Waals surface area contributed by atoms with E-state index in [9.17, 15) is 8.78 Å². The SMILES string of the molecule is CCCNc1nc(C)cn1CC(F)F. The summed E-state index contributed by atoms with van der Waals surface area (Å²) in [4.78, 5) is 4.12. The van der Waals surface area contributed by atoms with Crippen LogP contribution in [-0.2, 0) is 6.54 Å². The van der Waals surface area contributed by atoms with Crippen LogP contribution in [0.15, 0.2) is 6.20 Å². The predicted molar refractivity (Wildman–Crippen MR) is 51.7 cm³/mol. The highest BCUT2D eigenvalue weighted by atomic mass is 19.3. The van der Waals surface area contributed by atoms with Gasteiger partial charge in [0.05, 0.1) is 12.2 Å². The minimum Gasteiger partial charge on any atom is -0.356 e. The molecule has 0 fully saturated rings. The Morgan fingerprint density at radius 3 is 2.86 bits per heavy atom. The summed E-state index contributed by atoms with van der Waals surface area (Å²) < 4.78 is 25.8. The molecule has 0 atom stereocenters. The van der Waals surface area contributed by atoms with Crippen molar-refractivity contribution >= 4 is 5.95 Å². The third kappa shape index (κ3) is 2.97. The molecule has 3 nitrogen and oxygen atoms in total. The summed E-state index contributed by atoms with van der Waals surface area (Å²) in [6.45, 7) is 4.26. The Hall–Kier alpha value is -1.13. The number of hydrogen-bond acceptors (Lipinski definition) is 2. The second kappa shape index (κ2) is 4.93. The number of rotatable bonds is 5. The van der Waals surface area contributed by atoms with Crippen LogP contribution >= 0.6 is 0 Å². The molecule has 1 N–H and O–H groups in total. The molecule has 14 heavy (non-hydrogen) atoms. The van der Waals surface area contributed by atoms with Gasteiger partial charge in [-0.05, 0) is 13.3 Å². The summed E-state index contributed by atoms with van der Waals surface area (Å²) in [7, 11) is 0. The van der Waals surface area contributed by atoms with Crippen LogP contribution in [0.3, 0.4) is 0 Å². The van der Waals surface area contributed by atoms with Gasteiger partial charge in [0.2, 0.25) is 5.95 Å². The molecule has 0 spiro atoms. The highest BCUT2D eigenvalue weighted by molar-refractivity contribution is 5.28. The molecule has 0 aliphatic rings. The minimum atomic E-state index is -2.34. The Morgan fingerprint density at radius 1 is 1.57 bits per heavy atom. The third-order valence-electron chi connectivity index (χ3n) is 1.76. The Labute approximate surface area is 82.1 Å². The summed E-state index contributed by atoms with van der Waals surface area (Å²) in [5.41, 5.74) is 0.754. The van der Waals surface area contributed by atoms with Crippen LogP contribution in [0.2, 0.25) is 0 Å². The average Bonchev–Trinajstić information content (AvgIpc) is 2.41. The molecule has 1 aromatic rings. The van der Waals surface area contributed by atoms with E-state index in [1.54, 1.807) is 13.1 Å². The van der Waals surface area contributed by atoms with Crippen LogP contribution in [0, 0.1) is 6.92 Å². The Kier molecular flexibility index (Phi) is 3.85. The van der Waals surface area contributed by atoms with Gasteiger partial charge in [0.1, 0.15) is 0 Å². The Bertz CT molecular complexity index is 284. The van der Waals surface area contributed by atoms with E-state index in [4.69, 9.17) is 0 Å². The van der Waals surface area contributed by atoms with Crippen molar-refractivity contribution in [3.63, 3.8) is 0 Å². The number of halogens is 2. The van der Waals surface area contributed by atoms with Crippen LogP contribution in [0.5, 0.6) is 0 Å². The van der Waals surface area contributed by atoms with Gasteiger partial charge >= 0.3 is 0 Å². The van der Waals surface area contributed by atoms with Gasteiger partial charge in [0.25, 0.3) is 6.43 Å². The van der Waals surface area contributed by atoms with E-state index in [0.717, 1.165) is 18.7 Å². The molecule has 1 rings (SSSR count). The largest absolute Gasteiger partial charge is 0.356 e. The van der Waals surface area contributed by atoms with Gasteiger partial charge in [-0.2, -0.15) is 0 Å². The standard InChI is InChI=1S/C9H15F2N3/c1-3-4-12-9-13-7(2)5-14(9)6-8(10)11/h5,8H,3-4,6H2,1-2H3,(H,12,13). The fourth-order valence-electron chi connectivity index (χ4n) is 1.21. The maximum absolute atomic E-state index is 12.2. The number of anilines is 1. The van der Waals surface area contributed by atoms with Crippen molar-refractivity contribution < 1.29 is 8.78 Å². The number of hydrogen-bond donors (Lipinski definition) is 1. The topological polar surface area (TPSA) is 29.9 Å². The Balaban J connectivity index is 2.69. The molecule has 0 saturated heterocycles. The van der Waals surface area contributed by atoms with Gasteiger partial charge in [-0.15, -0.1) is 0 Å². The summed E-state index contributed by atoms with van der Waals surface area (Å²) in [5, 5.41) is 3.01. The lowest BCUT2D eigenvalue weighted by Gasteiger charge is -2.07. The molecule has 80 valence electrons. The summed E-state index contributed by atoms with van der Waals surface area (Å²) in [6.07, 6.45) is 0.232. The van der Waals surface area contributed by atoms with Crippen molar-refractivity contribution in [1.29, 1.82) is 0 Å².